The van der Waals surface area contributed by atoms with Gasteiger partial charge in [-0.25, -0.2) is 0 Å². The van der Waals surface area contributed by atoms with Crippen LogP contribution in [0.2, 0.25) is 0 Å². The molecule has 0 spiro atoms. The number of thiophene rings is 1. The second-order valence-corrected chi connectivity index (χ2v) is 27.2. The summed E-state index contributed by atoms with van der Waals surface area (Å²) in [7, 11) is 0. The molecule has 0 amide bonds. The summed E-state index contributed by atoms with van der Waals surface area (Å²) in [5.41, 5.74) is 22.8. The highest BCUT2D eigenvalue weighted by Gasteiger charge is 2.48. The number of nitrogens with zero attached hydrogens (tertiary/aromatic N) is 3. The standard InChI is InChI=1S/C70H72BN3S/c1-66(2,3)46-29-33-51(34-30-46)73-59-36-32-48(68(7,8)9)40-57(59)71-63-54-43-55-56(70(12,13)38-37-69(55,10)11)44-62(54)75-65(63)74(58-35-31-47(67(4,5)6)39-53(58)45-23-17-14-18-24-45)61-42-52(41-60(73)64(61)71)72(49-25-19-15-20-26-49)50-27-21-16-22-28-50/h14-36,39-44H,37-38H2,1-13H3. The number of hydrogen-bond donors (Lipinski definition) is 0. The summed E-state index contributed by atoms with van der Waals surface area (Å²) in [6.07, 6.45) is 2.34. The highest BCUT2D eigenvalue weighted by atomic mass is 32.1. The van der Waals surface area contributed by atoms with E-state index in [-0.39, 0.29) is 33.8 Å². The van der Waals surface area contributed by atoms with Crippen LogP contribution in [-0.2, 0) is 27.1 Å². The predicted octanol–water partition coefficient (Wildman–Crippen LogP) is 18.4. The largest absolute Gasteiger partial charge is 0.311 e. The van der Waals surface area contributed by atoms with Crippen molar-refractivity contribution in [2.45, 2.75) is 130 Å². The van der Waals surface area contributed by atoms with Crippen molar-refractivity contribution in [3.8, 4) is 11.1 Å². The van der Waals surface area contributed by atoms with Crippen LogP contribution in [0.25, 0.3) is 21.2 Å². The molecule has 376 valence electrons. The molecule has 12 rings (SSSR count). The molecule has 0 atom stereocenters. The first-order chi connectivity index (χ1) is 35.6. The highest BCUT2D eigenvalue weighted by Crippen LogP contribution is 2.55. The normalized spacial score (nSPS) is 15.6. The fourth-order valence-corrected chi connectivity index (χ4v) is 13.7. The van der Waals surface area contributed by atoms with Crippen molar-refractivity contribution in [1.82, 2.24) is 0 Å². The Kier molecular flexibility index (Phi) is 11.4. The Bertz CT molecular complexity index is 3620. The van der Waals surface area contributed by atoms with Gasteiger partial charge in [-0.1, -0.05) is 187 Å². The molecular formula is C70H72BN3S. The molecule has 0 N–H and O–H groups in total. The summed E-state index contributed by atoms with van der Waals surface area (Å²) in [5, 5.41) is 2.68. The second-order valence-electron chi connectivity index (χ2n) is 26.2. The van der Waals surface area contributed by atoms with E-state index in [2.05, 4.69) is 281 Å². The summed E-state index contributed by atoms with van der Waals surface area (Å²) in [5.74, 6) is 0. The lowest BCUT2D eigenvalue weighted by atomic mass is 9.33. The summed E-state index contributed by atoms with van der Waals surface area (Å²) in [6, 6.07) is 67.5. The van der Waals surface area contributed by atoms with Crippen molar-refractivity contribution < 1.29 is 0 Å². The molecule has 8 aromatic carbocycles. The molecule has 0 unspecified atom stereocenters. The zero-order valence-electron chi connectivity index (χ0n) is 46.5. The number of rotatable bonds is 6. The molecule has 75 heavy (non-hydrogen) atoms. The van der Waals surface area contributed by atoms with Gasteiger partial charge in [0.2, 0.25) is 0 Å². The van der Waals surface area contributed by atoms with Gasteiger partial charge in [0.1, 0.15) is 0 Å². The van der Waals surface area contributed by atoms with E-state index in [1.54, 1.807) is 0 Å². The number of fused-ring (bicyclic) bond motifs is 7. The van der Waals surface area contributed by atoms with Crippen LogP contribution < -0.4 is 31.1 Å². The third kappa shape index (κ3) is 8.24. The molecule has 0 radical (unpaired) electrons. The molecule has 0 bridgehead atoms. The van der Waals surface area contributed by atoms with E-state index in [4.69, 9.17) is 0 Å². The topological polar surface area (TPSA) is 9.72 Å². The van der Waals surface area contributed by atoms with Crippen LogP contribution in [0.15, 0.2) is 176 Å². The van der Waals surface area contributed by atoms with Crippen LogP contribution in [0.1, 0.15) is 131 Å². The van der Waals surface area contributed by atoms with E-state index < -0.39 is 0 Å². The average Bonchev–Trinajstić information content (AvgIpc) is 3.75. The quantitative estimate of drug-likeness (QED) is 0.154. The fraction of sp³-hybridized carbons (Fsp3) is 0.286. The zero-order chi connectivity index (χ0) is 52.6. The fourth-order valence-electron chi connectivity index (χ4n) is 12.4. The lowest BCUT2D eigenvalue weighted by Crippen LogP contribution is -2.61. The molecule has 5 heteroatoms. The minimum atomic E-state index is -0.0681. The van der Waals surface area contributed by atoms with Gasteiger partial charge in [-0.2, -0.15) is 0 Å². The van der Waals surface area contributed by atoms with Crippen molar-refractivity contribution in [3.63, 3.8) is 0 Å². The van der Waals surface area contributed by atoms with Crippen molar-refractivity contribution in [1.29, 1.82) is 0 Å². The number of anilines is 9. The molecule has 3 nitrogen and oxygen atoms in total. The van der Waals surface area contributed by atoms with Gasteiger partial charge in [0.25, 0.3) is 6.71 Å². The molecule has 2 aliphatic heterocycles. The smallest absolute Gasteiger partial charge is 0.254 e. The van der Waals surface area contributed by atoms with Gasteiger partial charge in [-0.05, 0) is 174 Å². The van der Waals surface area contributed by atoms with E-state index >= 15 is 0 Å². The lowest BCUT2D eigenvalue weighted by molar-refractivity contribution is 0.332. The number of hydrogen-bond acceptors (Lipinski definition) is 4. The van der Waals surface area contributed by atoms with Crippen molar-refractivity contribution >= 4 is 95.0 Å². The Morgan fingerprint density at radius 3 is 1.51 bits per heavy atom. The zero-order valence-corrected chi connectivity index (χ0v) is 47.3. The summed E-state index contributed by atoms with van der Waals surface area (Å²) < 4.78 is 1.36. The molecule has 1 aromatic heterocycles. The van der Waals surface area contributed by atoms with Gasteiger partial charge in [-0.3, -0.25) is 0 Å². The maximum absolute atomic E-state index is 2.70. The monoisotopic (exact) mass is 998 g/mol. The first-order valence-corrected chi connectivity index (χ1v) is 28.1. The third-order valence-electron chi connectivity index (χ3n) is 17.0. The molecule has 0 fully saturated rings. The van der Waals surface area contributed by atoms with Crippen LogP contribution in [-0.4, -0.2) is 6.71 Å². The maximum atomic E-state index is 2.70. The molecule has 0 saturated heterocycles. The van der Waals surface area contributed by atoms with E-state index in [0.29, 0.717) is 0 Å². The Morgan fingerprint density at radius 1 is 0.453 bits per heavy atom. The minimum absolute atomic E-state index is 0.00880. The van der Waals surface area contributed by atoms with Gasteiger partial charge in [0, 0.05) is 44.4 Å². The third-order valence-corrected chi connectivity index (χ3v) is 18.1. The summed E-state index contributed by atoms with van der Waals surface area (Å²) in [6.45, 7) is 30.9. The van der Waals surface area contributed by atoms with E-state index in [0.717, 1.165) is 29.2 Å². The summed E-state index contributed by atoms with van der Waals surface area (Å²) in [4.78, 5) is 7.77. The van der Waals surface area contributed by atoms with Crippen LogP contribution >= 0.6 is 11.3 Å². The van der Waals surface area contributed by atoms with Crippen LogP contribution in [0.4, 0.5) is 50.5 Å². The molecule has 9 aromatic rings. The predicted molar refractivity (Wildman–Crippen MR) is 327 cm³/mol. The van der Waals surface area contributed by atoms with E-state index in [9.17, 15) is 0 Å². The first kappa shape index (κ1) is 49.1. The van der Waals surface area contributed by atoms with E-state index in [1.165, 1.54) is 99.6 Å². The van der Waals surface area contributed by atoms with Gasteiger partial charge >= 0.3 is 0 Å². The molecule has 3 aliphatic rings. The van der Waals surface area contributed by atoms with Crippen molar-refractivity contribution in [2.75, 3.05) is 14.7 Å². The maximum Gasteiger partial charge on any atom is 0.254 e. The highest BCUT2D eigenvalue weighted by molar-refractivity contribution is 7.26. The van der Waals surface area contributed by atoms with Crippen LogP contribution in [0, 0.1) is 0 Å². The number of benzene rings is 8. The Morgan fingerprint density at radius 2 is 0.947 bits per heavy atom. The molecule has 3 heterocycles. The van der Waals surface area contributed by atoms with Crippen molar-refractivity contribution in [2.24, 2.45) is 0 Å². The van der Waals surface area contributed by atoms with Gasteiger partial charge in [0.05, 0.1) is 16.4 Å². The second kappa shape index (κ2) is 17.4. The number of para-hydroxylation sites is 2. The van der Waals surface area contributed by atoms with Gasteiger partial charge < -0.3 is 14.7 Å². The van der Waals surface area contributed by atoms with Gasteiger partial charge in [0.15, 0.2) is 0 Å². The van der Waals surface area contributed by atoms with Crippen LogP contribution in [0.5, 0.6) is 0 Å². The minimum Gasteiger partial charge on any atom is -0.311 e. The van der Waals surface area contributed by atoms with Crippen LogP contribution in [0.3, 0.4) is 0 Å². The molecule has 0 saturated carbocycles. The Balaban J connectivity index is 1.27. The molecule has 1 aliphatic carbocycles. The summed E-state index contributed by atoms with van der Waals surface area (Å²) >= 11 is 1.99. The van der Waals surface area contributed by atoms with Gasteiger partial charge in [-0.15, -0.1) is 11.3 Å². The Labute approximate surface area is 452 Å². The molecular weight excluding hydrogens is 926 g/mol. The average molecular weight is 998 g/mol. The lowest BCUT2D eigenvalue weighted by Gasteiger charge is -2.45. The van der Waals surface area contributed by atoms with E-state index in [1.807, 2.05) is 11.3 Å². The SMILES string of the molecule is CC(C)(C)c1ccc(N2c3ccc(C(C)(C)C)cc3B3c4c2cc(N(c2ccccc2)c2ccccc2)cc4N(c2ccc(C(C)(C)C)cc2-c2ccccc2)c2sc4cc5c(cc4c23)C(C)(C)CCC5(C)C)cc1. The first-order valence-electron chi connectivity index (χ1n) is 27.3. The van der Waals surface area contributed by atoms with Crippen molar-refractivity contribution in [3.05, 3.63) is 204 Å². The Hall–Kier alpha value is -6.82.